The van der Waals surface area contributed by atoms with Crippen molar-refractivity contribution in [1.29, 1.82) is 0 Å². The van der Waals surface area contributed by atoms with Crippen LogP contribution in [0.1, 0.15) is 66.5 Å². The van der Waals surface area contributed by atoms with Crippen molar-refractivity contribution in [2.75, 3.05) is 26.1 Å². The second kappa shape index (κ2) is 16.7. The Balaban J connectivity index is 0.000000434. The highest BCUT2D eigenvalue weighted by Gasteiger charge is 2.20. The highest BCUT2D eigenvalue weighted by molar-refractivity contribution is 7.19. The smallest absolute Gasteiger partial charge is 0.260 e. The first-order valence-corrected chi connectivity index (χ1v) is 13.5. The summed E-state index contributed by atoms with van der Waals surface area (Å²) in [6, 6.07) is 6.59. The average molecular weight is 548 g/mol. The molecule has 0 aliphatic heterocycles. The quantitative estimate of drug-likeness (QED) is 0.286. The molecule has 0 fully saturated rings. The van der Waals surface area contributed by atoms with Gasteiger partial charge in [-0.05, 0) is 68.4 Å². The SMILES string of the molecule is CCCC(C)CC(C)COC.COc1ccc2nc(C)sc2c1C(=O)Nc1cc(F)c(C)cc1C.NC=O. The fraction of sp³-hybridized carbons (Fsp3) is 0.483. The maximum Gasteiger partial charge on any atom is 0.260 e. The van der Waals surface area contributed by atoms with Crippen LogP contribution in [0, 0.1) is 38.4 Å². The lowest BCUT2D eigenvalue weighted by Crippen LogP contribution is -2.14. The minimum atomic E-state index is -0.352. The number of amides is 2. The highest BCUT2D eigenvalue weighted by atomic mass is 32.1. The van der Waals surface area contributed by atoms with Crippen molar-refractivity contribution in [1.82, 2.24) is 4.98 Å². The van der Waals surface area contributed by atoms with E-state index in [9.17, 15) is 9.18 Å². The van der Waals surface area contributed by atoms with Crippen LogP contribution >= 0.6 is 11.3 Å². The maximum absolute atomic E-state index is 13.8. The fourth-order valence-electron chi connectivity index (χ4n) is 4.27. The number of hydrogen-bond donors (Lipinski definition) is 2. The Hall–Kier alpha value is -3.04. The first-order chi connectivity index (χ1) is 18.0. The Morgan fingerprint density at radius 3 is 2.39 bits per heavy atom. The number of fused-ring (bicyclic) bond motifs is 1. The number of carbonyl (C=O) groups is 2. The molecule has 210 valence electrons. The van der Waals surface area contributed by atoms with Crippen molar-refractivity contribution in [2.45, 2.75) is 60.8 Å². The van der Waals surface area contributed by atoms with Crippen molar-refractivity contribution in [2.24, 2.45) is 17.6 Å². The molecule has 0 spiro atoms. The third-order valence-electron chi connectivity index (χ3n) is 5.86. The zero-order chi connectivity index (χ0) is 28.8. The van der Waals surface area contributed by atoms with Gasteiger partial charge in [-0.1, -0.05) is 39.7 Å². The number of hydrogen-bond acceptors (Lipinski definition) is 6. The van der Waals surface area contributed by atoms with E-state index in [1.165, 1.54) is 43.8 Å². The minimum Gasteiger partial charge on any atom is -0.496 e. The molecule has 3 rings (SSSR count). The predicted octanol–water partition coefficient (Wildman–Crippen LogP) is 6.82. The van der Waals surface area contributed by atoms with Crippen molar-refractivity contribution < 1.29 is 23.5 Å². The minimum absolute atomic E-state index is 0.250. The highest BCUT2D eigenvalue weighted by Crippen LogP contribution is 2.33. The Kier molecular flexibility index (Phi) is 14.5. The lowest BCUT2D eigenvalue weighted by Gasteiger charge is -2.15. The Labute approximate surface area is 229 Å². The van der Waals surface area contributed by atoms with Gasteiger partial charge in [-0.25, -0.2) is 9.37 Å². The molecular weight excluding hydrogens is 505 g/mol. The molecule has 3 N–H and O–H groups in total. The van der Waals surface area contributed by atoms with E-state index in [1.54, 1.807) is 26.2 Å². The number of halogens is 1. The predicted molar refractivity (Wildman–Crippen MR) is 155 cm³/mol. The van der Waals surface area contributed by atoms with Crippen LogP contribution in [-0.4, -0.2) is 38.1 Å². The van der Waals surface area contributed by atoms with Gasteiger partial charge in [0, 0.05) is 19.4 Å². The average Bonchev–Trinajstić information content (AvgIpc) is 3.23. The van der Waals surface area contributed by atoms with Crippen LogP contribution < -0.4 is 15.8 Å². The number of nitrogens with zero attached hydrogens (tertiary/aromatic N) is 1. The standard InChI is InChI=1S/C18H17FN2O2S.C10H22O.CH3NO/c1-9-7-10(2)14(8-12(9)19)21-18(22)16-15(23-4)6-5-13-17(16)24-11(3)20-13;1-5-6-9(2)7-10(3)8-11-4;2-1-3/h5-8H,1-4H3,(H,21,22);9-10H,5-8H2,1-4H3;1H,(H2,2,3). The Morgan fingerprint density at radius 2 is 1.82 bits per heavy atom. The number of benzene rings is 2. The largest absolute Gasteiger partial charge is 0.496 e. The number of primary amides is 1. The molecule has 38 heavy (non-hydrogen) atoms. The zero-order valence-corrected chi connectivity index (χ0v) is 24.6. The number of aromatic nitrogens is 1. The lowest BCUT2D eigenvalue weighted by molar-refractivity contribution is -0.106. The number of methoxy groups -OCH3 is 2. The number of carbonyl (C=O) groups excluding carboxylic acids is 2. The first-order valence-electron chi connectivity index (χ1n) is 12.7. The van der Waals surface area contributed by atoms with E-state index in [0.29, 0.717) is 22.6 Å². The van der Waals surface area contributed by atoms with Gasteiger partial charge >= 0.3 is 0 Å². The van der Waals surface area contributed by atoms with Gasteiger partial charge in [0.2, 0.25) is 6.41 Å². The van der Waals surface area contributed by atoms with Gasteiger partial charge in [0.15, 0.2) is 0 Å². The lowest BCUT2D eigenvalue weighted by atomic mass is 9.94. The molecule has 7 nitrogen and oxygen atoms in total. The van der Waals surface area contributed by atoms with Gasteiger partial charge in [0.1, 0.15) is 17.1 Å². The van der Waals surface area contributed by atoms with E-state index < -0.39 is 0 Å². The molecule has 9 heteroatoms. The Morgan fingerprint density at radius 1 is 1.16 bits per heavy atom. The van der Waals surface area contributed by atoms with Crippen LogP contribution in [0.3, 0.4) is 0 Å². The third kappa shape index (κ3) is 10.0. The molecule has 1 heterocycles. The van der Waals surface area contributed by atoms with Gasteiger partial charge in [0.25, 0.3) is 5.91 Å². The number of thiazole rings is 1. The normalized spacial score (nSPS) is 11.9. The van der Waals surface area contributed by atoms with E-state index in [0.717, 1.165) is 39.2 Å². The van der Waals surface area contributed by atoms with Crippen LogP contribution in [-0.2, 0) is 9.53 Å². The Bertz CT molecular complexity index is 1170. The number of anilines is 1. The van der Waals surface area contributed by atoms with Crippen LogP contribution in [0.4, 0.5) is 10.1 Å². The molecule has 0 bridgehead atoms. The first kappa shape index (κ1) is 33.0. The van der Waals surface area contributed by atoms with Crippen LogP contribution in [0.2, 0.25) is 0 Å². The fourth-order valence-corrected chi connectivity index (χ4v) is 5.22. The van der Waals surface area contributed by atoms with Crippen molar-refractivity contribution >= 4 is 39.6 Å². The van der Waals surface area contributed by atoms with E-state index in [2.05, 4.69) is 36.8 Å². The van der Waals surface area contributed by atoms with E-state index in [-0.39, 0.29) is 18.1 Å². The molecule has 0 aliphatic rings. The van der Waals surface area contributed by atoms with Gasteiger partial charge in [-0.3, -0.25) is 9.59 Å². The molecule has 0 saturated heterocycles. The van der Waals surface area contributed by atoms with Gasteiger partial charge in [0.05, 0.1) is 22.3 Å². The third-order valence-corrected chi connectivity index (χ3v) is 6.87. The van der Waals surface area contributed by atoms with Crippen molar-refractivity contribution in [3.8, 4) is 5.75 Å². The van der Waals surface area contributed by atoms with Crippen molar-refractivity contribution in [3.05, 3.63) is 51.8 Å². The van der Waals surface area contributed by atoms with Gasteiger partial charge < -0.3 is 20.5 Å². The molecule has 2 amide bonds. The molecule has 2 aromatic carbocycles. The summed E-state index contributed by atoms with van der Waals surface area (Å²) in [7, 11) is 3.30. The van der Waals surface area contributed by atoms with E-state index in [4.69, 9.17) is 14.3 Å². The van der Waals surface area contributed by atoms with Gasteiger partial charge in [-0.15, -0.1) is 11.3 Å². The summed E-state index contributed by atoms with van der Waals surface area (Å²) < 4.78 is 25.0. The van der Waals surface area contributed by atoms with Crippen molar-refractivity contribution in [3.63, 3.8) is 0 Å². The molecule has 0 aliphatic carbocycles. The van der Waals surface area contributed by atoms with Gasteiger partial charge in [-0.2, -0.15) is 0 Å². The van der Waals surface area contributed by atoms with E-state index >= 15 is 0 Å². The number of nitrogens with one attached hydrogen (secondary N) is 1. The molecular formula is C29H42FN3O4S. The summed E-state index contributed by atoms with van der Waals surface area (Å²) in [6.07, 6.45) is 4.22. The summed E-state index contributed by atoms with van der Waals surface area (Å²) >= 11 is 1.43. The molecule has 0 radical (unpaired) electrons. The molecule has 2 atom stereocenters. The topological polar surface area (TPSA) is 104 Å². The summed E-state index contributed by atoms with van der Waals surface area (Å²) in [5.74, 6) is 1.36. The molecule has 3 aromatic rings. The number of aryl methyl sites for hydroxylation is 3. The summed E-state index contributed by atoms with van der Waals surface area (Å²) in [5.41, 5.74) is 7.12. The maximum atomic E-state index is 13.8. The van der Waals surface area contributed by atoms with Crippen LogP contribution in [0.5, 0.6) is 5.75 Å². The summed E-state index contributed by atoms with van der Waals surface area (Å²) in [4.78, 5) is 25.8. The summed E-state index contributed by atoms with van der Waals surface area (Å²) in [5, 5.41) is 3.66. The molecule has 2 unspecified atom stereocenters. The zero-order valence-electron chi connectivity index (χ0n) is 23.8. The number of rotatable bonds is 9. The van der Waals surface area contributed by atoms with Crippen LogP contribution in [0.25, 0.3) is 10.2 Å². The number of ether oxygens (including phenoxy) is 2. The number of nitrogens with two attached hydrogens (primary N) is 1. The molecule has 0 saturated carbocycles. The monoisotopic (exact) mass is 547 g/mol. The second-order valence-electron chi connectivity index (χ2n) is 9.42. The second-order valence-corrected chi connectivity index (χ2v) is 10.6. The van der Waals surface area contributed by atoms with E-state index in [1.807, 2.05) is 19.9 Å². The van der Waals surface area contributed by atoms with Crippen LogP contribution in [0.15, 0.2) is 24.3 Å². The summed E-state index contributed by atoms with van der Waals surface area (Å²) in [6.45, 7) is 13.2. The molecule has 1 aromatic heterocycles.